The van der Waals surface area contributed by atoms with E-state index in [0.717, 1.165) is 23.1 Å². The first kappa shape index (κ1) is 20.3. The Morgan fingerprint density at radius 3 is 2.43 bits per heavy atom. The van der Waals surface area contributed by atoms with E-state index in [-0.39, 0.29) is 11.7 Å². The van der Waals surface area contributed by atoms with Crippen LogP contribution in [0.3, 0.4) is 0 Å². The third kappa shape index (κ3) is 4.51. The quantitative estimate of drug-likeness (QED) is 0.610. The van der Waals surface area contributed by atoms with Crippen LogP contribution in [0.1, 0.15) is 48.1 Å². The average Bonchev–Trinajstić information content (AvgIpc) is 2.64. The van der Waals surface area contributed by atoms with Gasteiger partial charge >= 0.3 is 5.63 Å². The standard InChI is InChI=1S/C24H30N2O2/c1-16(2)20-13-21-19(12-24(27)28-23(21)11-17(20)3)14-25-15-22(26(4)5)18-9-7-6-8-10-18/h6-13,16,22,25H,14-15H2,1-5H3/t22-/m0/s1. The van der Waals surface area contributed by atoms with Crippen molar-refractivity contribution in [3.63, 3.8) is 0 Å². The maximum Gasteiger partial charge on any atom is 0.336 e. The highest BCUT2D eigenvalue weighted by molar-refractivity contribution is 5.82. The van der Waals surface area contributed by atoms with E-state index in [1.165, 1.54) is 11.1 Å². The normalized spacial score (nSPS) is 12.8. The summed E-state index contributed by atoms with van der Waals surface area (Å²) in [7, 11) is 4.17. The molecule has 28 heavy (non-hydrogen) atoms. The molecule has 1 atom stereocenters. The summed E-state index contributed by atoms with van der Waals surface area (Å²) in [6, 6.07) is 16.5. The zero-order valence-corrected chi connectivity index (χ0v) is 17.5. The van der Waals surface area contributed by atoms with E-state index in [4.69, 9.17) is 4.42 Å². The van der Waals surface area contributed by atoms with E-state index in [1.54, 1.807) is 6.07 Å². The molecule has 3 rings (SSSR count). The number of rotatable bonds is 7. The van der Waals surface area contributed by atoms with Crippen LogP contribution in [0.4, 0.5) is 0 Å². The summed E-state index contributed by atoms with van der Waals surface area (Å²) in [4.78, 5) is 14.3. The second-order valence-corrected chi connectivity index (χ2v) is 7.97. The second kappa shape index (κ2) is 8.72. The Bertz CT molecular complexity index is 991. The van der Waals surface area contributed by atoms with Crippen LogP contribution in [0.2, 0.25) is 0 Å². The van der Waals surface area contributed by atoms with E-state index < -0.39 is 0 Å². The number of hydrogen-bond acceptors (Lipinski definition) is 4. The predicted octanol–water partition coefficient (Wildman–Crippen LogP) is 4.62. The van der Waals surface area contributed by atoms with Gasteiger partial charge in [0.2, 0.25) is 0 Å². The fourth-order valence-corrected chi connectivity index (χ4v) is 3.78. The Morgan fingerprint density at radius 1 is 1.07 bits per heavy atom. The molecule has 0 aliphatic heterocycles. The minimum absolute atomic E-state index is 0.265. The molecule has 1 heterocycles. The highest BCUT2D eigenvalue weighted by Crippen LogP contribution is 2.27. The summed E-state index contributed by atoms with van der Waals surface area (Å²) in [5, 5.41) is 4.56. The van der Waals surface area contributed by atoms with Crippen LogP contribution in [0.15, 0.2) is 57.7 Å². The minimum atomic E-state index is -0.298. The Hall–Kier alpha value is -2.43. The van der Waals surface area contributed by atoms with Crippen molar-refractivity contribution in [2.45, 2.75) is 39.3 Å². The second-order valence-electron chi connectivity index (χ2n) is 7.97. The van der Waals surface area contributed by atoms with E-state index in [9.17, 15) is 4.79 Å². The van der Waals surface area contributed by atoms with Crippen LogP contribution in [-0.2, 0) is 6.54 Å². The first-order valence-corrected chi connectivity index (χ1v) is 9.86. The zero-order chi connectivity index (χ0) is 20.3. The summed E-state index contributed by atoms with van der Waals surface area (Å²) < 4.78 is 5.46. The molecule has 4 nitrogen and oxygen atoms in total. The number of nitrogens with zero attached hydrogens (tertiary/aromatic N) is 1. The molecule has 0 bridgehead atoms. The Balaban J connectivity index is 1.85. The smallest absolute Gasteiger partial charge is 0.336 e. The number of nitrogens with one attached hydrogen (secondary N) is 1. The van der Waals surface area contributed by atoms with Gasteiger partial charge in [-0.25, -0.2) is 4.79 Å². The summed E-state index contributed by atoms with van der Waals surface area (Å²) in [5.41, 5.74) is 5.08. The van der Waals surface area contributed by atoms with Gasteiger partial charge in [0.1, 0.15) is 5.58 Å². The SMILES string of the molecule is Cc1cc2oc(=O)cc(CNC[C@@H](c3ccccc3)N(C)C)c2cc1C(C)C. The van der Waals surface area contributed by atoms with Gasteiger partial charge in [0.05, 0.1) is 0 Å². The third-order valence-electron chi connectivity index (χ3n) is 5.30. The summed E-state index contributed by atoms with van der Waals surface area (Å²) in [5.74, 6) is 0.424. The van der Waals surface area contributed by atoms with Crippen molar-refractivity contribution < 1.29 is 4.42 Å². The number of hydrogen-bond donors (Lipinski definition) is 1. The molecular weight excluding hydrogens is 348 g/mol. The number of aryl methyl sites for hydroxylation is 1. The molecule has 0 amide bonds. The molecule has 0 aliphatic rings. The molecule has 148 valence electrons. The molecule has 1 aromatic heterocycles. The van der Waals surface area contributed by atoms with Gasteiger partial charge in [-0.1, -0.05) is 44.2 Å². The van der Waals surface area contributed by atoms with E-state index in [2.05, 4.69) is 75.4 Å². The van der Waals surface area contributed by atoms with Gasteiger partial charge in [-0.15, -0.1) is 0 Å². The largest absolute Gasteiger partial charge is 0.423 e. The molecule has 4 heteroatoms. The van der Waals surface area contributed by atoms with E-state index in [1.807, 2.05) is 12.1 Å². The van der Waals surface area contributed by atoms with Crippen LogP contribution >= 0.6 is 0 Å². The van der Waals surface area contributed by atoms with Gasteiger partial charge in [-0.05, 0) is 61.3 Å². The van der Waals surface area contributed by atoms with Crippen LogP contribution in [-0.4, -0.2) is 25.5 Å². The number of likely N-dealkylation sites (N-methyl/N-ethyl adjacent to an activating group) is 1. The van der Waals surface area contributed by atoms with Crippen molar-refractivity contribution in [2.75, 3.05) is 20.6 Å². The first-order chi connectivity index (χ1) is 13.4. The lowest BCUT2D eigenvalue weighted by molar-refractivity contribution is 0.288. The van der Waals surface area contributed by atoms with Gasteiger partial charge in [0.25, 0.3) is 0 Å². The molecule has 0 radical (unpaired) electrons. The maximum absolute atomic E-state index is 12.1. The fourth-order valence-electron chi connectivity index (χ4n) is 3.78. The van der Waals surface area contributed by atoms with Crippen LogP contribution in [0, 0.1) is 6.92 Å². The third-order valence-corrected chi connectivity index (χ3v) is 5.30. The van der Waals surface area contributed by atoms with Gasteiger partial charge < -0.3 is 14.6 Å². The molecule has 2 aromatic carbocycles. The molecule has 0 saturated heterocycles. The van der Waals surface area contributed by atoms with Crippen molar-refractivity contribution in [1.29, 1.82) is 0 Å². The predicted molar refractivity (Wildman–Crippen MR) is 116 cm³/mol. The molecule has 0 unspecified atom stereocenters. The van der Waals surface area contributed by atoms with Crippen LogP contribution in [0.5, 0.6) is 0 Å². The van der Waals surface area contributed by atoms with Gasteiger partial charge in [-0.3, -0.25) is 0 Å². The first-order valence-electron chi connectivity index (χ1n) is 9.86. The molecular formula is C24H30N2O2. The van der Waals surface area contributed by atoms with Crippen molar-refractivity contribution >= 4 is 11.0 Å². The summed E-state index contributed by atoms with van der Waals surface area (Å²) >= 11 is 0. The van der Waals surface area contributed by atoms with E-state index in [0.29, 0.717) is 18.0 Å². The lowest BCUT2D eigenvalue weighted by Crippen LogP contribution is -2.31. The van der Waals surface area contributed by atoms with Crippen molar-refractivity contribution in [3.8, 4) is 0 Å². The Labute approximate surface area is 167 Å². The molecule has 0 spiro atoms. The lowest BCUT2D eigenvalue weighted by atomic mass is 9.95. The van der Waals surface area contributed by atoms with Crippen LogP contribution in [0.25, 0.3) is 11.0 Å². The molecule has 0 fully saturated rings. The Kier molecular flexibility index (Phi) is 6.32. The minimum Gasteiger partial charge on any atom is -0.423 e. The van der Waals surface area contributed by atoms with Crippen molar-refractivity contribution in [1.82, 2.24) is 10.2 Å². The highest BCUT2D eigenvalue weighted by atomic mass is 16.4. The van der Waals surface area contributed by atoms with E-state index >= 15 is 0 Å². The lowest BCUT2D eigenvalue weighted by Gasteiger charge is -2.25. The highest BCUT2D eigenvalue weighted by Gasteiger charge is 2.15. The van der Waals surface area contributed by atoms with Gasteiger partial charge in [-0.2, -0.15) is 0 Å². The summed E-state index contributed by atoms with van der Waals surface area (Å²) in [6.45, 7) is 7.86. The van der Waals surface area contributed by atoms with Crippen LogP contribution < -0.4 is 10.9 Å². The topological polar surface area (TPSA) is 45.5 Å². The Morgan fingerprint density at radius 2 is 1.79 bits per heavy atom. The number of benzene rings is 2. The molecule has 1 N–H and O–H groups in total. The van der Waals surface area contributed by atoms with Gasteiger partial charge in [0, 0.05) is 30.6 Å². The molecule has 0 saturated carbocycles. The summed E-state index contributed by atoms with van der Waals surface area (Å²) in [6.07, 6.45) is 0. The fraction of sp³-hybridized carbons (Fsp3) is 0.375. The average molecular weight is 379 g/mol. The molecule has 0 aliphatic carbocycles. The van der Waals surface area contributed by atoms with Crippen molar-refractivity contribution in [2.24, 2.45) is 0 Å². The monoisotopic (exact) mass is 378 g/mol. The maximum atomic E-state index is 12.1. The van der Waals surface area contributed by atoms with Crippen molar-refractivity contribution in [3.05, 3.63) is 81.2 Å². The van der Waals surface area contributed by atoms with Gasteiger partial charge in [0.15, 0.2) is 0 Å². The zero-order valence-electron chi connectivity index (χ0n) is 17.5. The molecule has 3 aromatic rings. The number of fused-ring (bicyclic) bond motifs is 1.